The molecule has 0 aliphatic carbocycles. The topological polar surface area (TPSA) is 15.8 Å². The molecule has 0 fully saturated rings. The zero-order valence-corrected chi connectivity index (χ0v) is 13.5. The van der Waals surface area contributed by atoms with Crippen molar-refractivity contribution >= 4 is 10.9 Å². The summed E-state index contributed by atoms with van der Waals surface area (Å²) in [4.78, 5) is 3.53. The van der Waals surface area contributed by atoms with Crippen LogP contribution in [0.25, 0.3) is 22.2 Å². The van der Waals surface area contributed by atoms with E-state index in [9.17, 15) is 0 Å². The normalized spacial score (nSPS) is 10.4. The highest BCUT2D eigenvalue weighted by Crippen LogP contribution is 2.29. The third-order valence-corrected chi connectivity index (χ3v) is 4.12. The second kappa shape index (κ2) is 6.10. The number of benzene rings is 3. The standard InChI is InChI=1S/C23H17N/c1-17-8-7-9-18(16-17)14-15-21-20-12-5-6-13-22(20)24-23(21)19-10-3-2-4-11-19/h2-13,16,24H,1H3. The Hall–Kier alpha value is -3.24. The minimum atomic E-state index is 1.04. The number of hydrogen-bond donors (Lipinski definition) is 1. The first-order valence-electron chi connectivity index (χ1n) is 8.06. The van der Waals surface area contributed by atoms with E-state index < -0.39 is 0 Å². The van der Waals surface area contributed by atoms with E-state index in [1.54, 1.807) is 0 Å². The summed E-state index contributed by atoms with van der Waals surface area (Å²) in [5.74, 6) is 6.72. The van der Waals surface area contributed by atoms with Gasteiger partial charge in [-0.2, -0.15) is 0 Å². The molecule has 4 aromatic rings. The molecule has 0 aliphatic heterocycles. The van der Waals surface area contributed by atoms with Crippen LogP contribution in [0.15, 0.2) is 78.9 Å². The van der Waals surface area contributed by atoms with E-state index in [1.165, 1.54) is 5.56 Å². The highest BCUT2D eigenvalue weighted by molar-refractivity contribution is 5.94. The molecule has 0 spiro atoms. The molecular formula is C23H17N. The molecule has 0 atom stereocenters. The van der Waals surface area contributed by atoms with Gasteiger partial charge in [0.2, 0.25) is 0 Å². The Morgan fingerprint density at radius 3 is 2.38 bits per heavy atom. The van der Waals surface area contributed by atoms with Crippen LogP contribution in [0.3, 0.4) is 0 Å². The Kier molecular flexibility index (Phi) is 3.65. The van der Waals surface area contributed by atoms with Crippen molar-refractivity contribution < 1.29 is 0 Å². The lowest BCUT2D eigenvalue weighted by Crippen LogP contribution is -1.82. The van der Waals surface area contributed by atoms with Gasteiger partial charge in [0.1, 0.15) is 0 Å². The number of aromatic amines is 1. The highest BCUT2D eigenvalue weighted by atomic mass is 14.7. The van der Waals surface area contributed by atoms with Crippen LogP contribution in [0.1, 0.15) is 16.7 Å². The summed E-state index contributed by atoms with van der Waals surface area (Å²) in [6.45, 7) is 2.09. The predicted octanol–water partition coefficient (Wildman–Crippen LogP) is 5.54. The quantitative estimate of drug-likeness (QED) is 0.444. The molecule has 0 radical (unpaired) electrons. The van der Waals surface area contributed by atoms with Crippen LogP contribution in [0.5, 0.6) is 0 Å². The second-order valence-electron chi connectivity index (χ2n) is 5.91. The second-order valence-corrected chi connectivity index (χ2v) is 5.91. The molecule has 0 saturated heterocycles. The van der Waals surface area contributed by atoms with Crippen molar-refractivity contribution in [2.24, 2.45) is 0 Å². The van der Waals surface area contributed by atoms with E-state index in [0.29, 0.717) is 0 Å². The van der Waals surface area contributed by atoms with E-state index in [4.69, 9.17) is 0 Å². The molecule has 1 heterocycles. The fraction of sp³-hybridized carbons (Fsp3) is 0.0435. The Morgan fingerprint density at radius 1 is 0.750 bits per heavy atom. The van der Waals surface area contributed by atoms with Gasteiger partial charge in [-0.15, -0.1) is 0 Å². The summed E-state index contributed by atoms with van der Waals surface area (Å²) in [6.07, 6.45) is 0. The van der Waals surface area contributed by atoms with Crippen LogP contribution in [-0.2, 0) is 0 Å². The fourth-order valence-electron chi connectivity index (χ4n) is 2.95. The molecule has 1 N–H and O–H groups in total. The molecule has 0 amide bonds. The number of rotatable bonds is 1. The van der Waals surface area contributed by atoms with Crippen molar-refractivity contribution in [1.82, 2.24) is 4.98 Å². The van der Waals surface area contributed by atoms with E-state index >= 15 is 0 Å². The van der Waals surface area contributed by atoms with Crippen molar-refractivity contribution in [3.63, 3.8) is 0 Å². The van der Waals surface area contributed by atoms with Gasteiger partial charge in [-0.3, -0.25) is 0 Å². The smallest absolute Gasteiger partial charge is 0.0624 e. The van der Waals surface area contributed by atoms with Gasteiger partial charge in [0.05, 0.1) is 11.3 Å². The molecule has 0 saturated carbocycles. The monoisotopic (exact) mass is 307 g/mol. The average molecular weight is 307 g/mol. The molecule has 0 aliphatic rings. The van der Waals surface area contributed by atoms with Crippen molar-refractivity contribution in [2.75, 3.05) is 0 Å². The van der Waals surface area contributed by atoms with Crippen molar-refractivity contribution in [3.8, 4) is 23.1 Å². The van der Waals surface area contributed by atoms with Crippen LogP contribution in [0.2, 0.25) is 0 Å². The van der Waals surface area contributed by atoms with Crippen molar-refractivity contribution in [2.45, 2.75) is 6.92 Å². The number of H-pyrrole nitrogens is 1. The largest absolute Gasteiger partial charge is 0.353 e. The highest BCUT2D eigenvalue weighted by Gasteiger charge is 2.10. The predicted molar refractivity (Wildman–Crippen MR) is 101 cm³/mol. The van der Waals surface area contributed by atoms with Crippen LogP contribution in [-0.4, -0.2) is 4.98 Å². The molecule has 24 heavy (non-hydrogen) atoms. The fourth-order valence-corrected chi connectivity index (χ4v) is 2.95. The minimum absolute atomic E-state index is 1.04. The molecule has 0 unspecified atom stereocenters. The zero-order valence-electron chi connectivity index (χ0n) is 13.5. The third kappa shape index (κ3) is 2.71. The van der Waals surface area contributed by atoms with Gasteiger partial charge in [0, 0.05) is 16.5 Å². The Labute approximate surface area is 142 Å². The van der Waals surface area contributed by atoms with E-state index in [0.717, 1.165) is 33.3 Å². The summed E-state index contributed by atoms with van der Waals surface area (Å²) < 4.78 is 0. The van der Waals surface area contributed by atoms with Gasteiger partial charge in [0.15, 0.2) is 0 Å². The van der Waals surface area contributed by atoms with Gasteiger partial charge < -0.3 is 4.98 Å². The summed E-state index contributed by atoms with van der Waals surface area (Å²) >= 11 is 0. The maximum absolute atomic E-state index is 3.53. The number of aromatic nitrogens is 1. The third-order valence-electron chi connectivity index (χ3n) is 4.12. The SMILES string of the molecule is Cc1cccc(C#Cc2c(-c3ccccc3)[nH]c3ccccc23)c1. The molecule has 1 heteroatoms. The van der Waals surface area contributed by atoms with Crippen molar-refractivity contribution in [1.29, 1.82) is 0 Å². The first-order valence-corrected chi connectivity index (χ1v) is 8.06. The number of fused-ring (bicyclic) bond motifs is 1. The van der Waals surface area contributed by atoms with Crippen LogP contribution >= 0.6 is 0 Å². The molecule has 0 bridgehead atoms. The summed E-state index contributed by atoms with van der Waals surface area (Å²) in [7, 11) is 0. The lowest BCUT2D eigenvalue weighted by Gasteiger charge is -1.99. The van der Waals surface area contributed by atoms with Crippen molar-refractivity contribution in [3.05, 3.63) is 95.6 Å². The molecule has 1 nitrogen and oxygen atoms in total. The van der Waals surface area contributed by atoms with Crippen LogP contribution in [0, 0.1) is 18.8 Å². The first kappa shape index (κ1) is 14.4. The first-order chi connectivity index (χ1) is 11.8. The van der Waals surface area contributed by atoms with Gasteiger partial charge >= 0.3 is 0 Å². The van der Waals surface area contributed by atoms with Gasteiger partial charge in [-0.25, -0.2) is 0 Å². The average Bonchev–Trinajstić information content (AvgIpc) is 2.99. The number of aryl methyl sites for hydroxylation is 1. The lowest BCUT2D eigenvalue weighted by molar-refractivity contribution is 1.44. The van der Waals surface area contributed by atoms with E-state index in [1.807, 2.05) is 18.2 Å². The summed E-state index contributed by atoms with van der Waals surface area (Å²) in [5, 5.41) is 1.16. The van der Waals surface area contributed by atoms with Gasteiger partial charge in [0.25, 0.3) is 0 Å². The number of hydrogen-bond acceptors (Lipinski definition) is 0. The van der Waals surface area contributed by atoms with Gasteiger partial charge in [-0.1, -0.05) is 72.5 Å². The van der Waals surface area contributed by atoms with E-state index in [-0.39, 0.29) is 0 Å². The zero-order chi connectivity index (χ0) is 16.4. The van der Waals surface area contributed by atoms with E-state index in [2.05, 4.69) is 84.4 Å². The van der Waals surface area contributed by atoms with Gasteiger partial charge in [-0.05, 0) is 36.2 Å². The number of nitrogens with one attached hydrogen (secondary N) is 1. The maximum Gasteiger partial charge on any atom is 0.0624 e. The molecule has 3 aromatic carbocycles. The number of para-hydroxylation sites is 1. The van der Waals surface area contributed by atoms with Crippen LogP contribution in [0.4, 0.5) is 0 Å². The molecule has 114 valence electrons. The summed E-state index contributed by atoms with van der Waals surface area (Å²) in [5.41, 5.74) is 6.67. The Bertz CT molecular complexity index is 1060. The minimum Gasteiger partial charge on any atom is -0.353 e. The molecule has 1 aromatic heterocycles. The molecule has 4 rings (SSSR count). The summed E-state index contributed by atoms with van der Waals surface area (Å²) in [6, 6.07) is 27.0. The van der Waals surface area contributed by atoms with Crippen LogP contribution < -0.4 is 0 Å². The maximum atomic E-state index is 3.53. The molecular weight excluding hydrogens is 290 g/mol. The lowest BCUT2D eigenvalue weighted by atomic mass is 10.0. The Balaban J connectivity index is 1.91. The Morgan fingerprint density at radius 2 is 1.54 bits per heavy atom.